The summed E-state index contributed by atoms with van der Waals surface area (Å²) < 4.78 is 31.7. The molecular weight excluding hydrogens is 284 g/mol. The molecule has 7 heteroatoms. The first-order valence-electron chi connectivity index (χ1n) is 5.96. The predicted octanol–water partition coefficient (Wildman–Crippen LogP) is 2.94. The van der Waals surface area contributed by atoms with Gasteiger partial charge in [0.2, 0.25) is 0 Å². The Labute approximate surface area is 118 Å². The van der Waals surface area contributed by atoms with Gasteiger partial charge >= 0.3 is 5.69 Å². The van der Waals surface area contributed by atoms with E-state index in [-0.39, 0.29) is 30.2 Å². The van der Waals surface area contributed by atoms with Crippen LogP contribution in [0.3, 0.4) is 0 Å². The normalized spacial score (nSPS) is 10.4. The molecule has 0 aliphatic rings. The number of benzene rings is 2. The summed E-state index contributed by atoms with van der Waals surface area (Å²) in [5, 5.41) is 19.9. The highest BCUT2D eigenvalue weighted by Gasteiger charge is 2.17. The molecule has 5 nitrogen and oxygen atoms in total. The van der Waals surface area contributed by atoms with Gasteiger partial charge in [0.05, 0.1) is 11.5 Å². The number of nitrogens with zero attached hydrogens (tertiary/aromatic N) is 1. The fourth-order valence-electron chi connectivity index (χ4n) is 1.74. The van der Waals surface area contributed by atoms with Crippen LogP contribution in [0, 0.1) is 21.7 Å². The maximum Gasteiger partial charge on any atom is 0.310 e. The van der Waals surface area contributed by atoms with Gasteiger partial charge in [-0.1, -0.05) is 12.1 Å². The zero-order valence-corrected chi connectivity index (χ0v) is 10.8. The van der Waals surface area contributed by atoms with Gasteiger partial charge in [-0.25, -0.2) is 8.78 Å². The van der Waals surface area contributed by atoms with Crippen LogP contribution in [-0.2, 0) is 13.2 Å². The van der Waals surface area contributed by atoms with E-state index in [0.717, 1.165) is 6.07 Å². The summed E-state index contributed by atoms with van der Waals surface area (Å²) in [7, 11) is 0. The first-order chi connectivity index (χ1) is 10.0. The molecule has 2 rings (SSSR count). The lowest BCUT2D eigenvalue weighted by Crippen LogP contribution is -2.03. The molecule has 1 N–H and O–H groups in total. The van der Waals surface area contributed by atoms with Crippen LogP contribution >= 0.6 is 0 Å². The first-order valence-corrected chi connectivity index (χ1v) is 5.96. The molecule has 0 saturated carbocycles. The van der Waals surface area contributed by atoms with E-state index >= 15 is 0 Å². The number of nitro groups is 1. The lowest BCUT2D eigenvalue weighted by molar-refractivity contribution is -0.386. The minimum absolute atomic E-state index is 0.0568. The minimum Gasteiger partial charge on any atom is -0.482 e. The maximum absolute atomic E-state index is 13.5. The van der Waals surface area contributed by atoms with Gasteiger partial charge in [-0.15, -0.1) is 0 Å². The van der Waals surface area contributed by atoms with Crippen LogP contribution in [0.25, 0.3) is 0 Å². The van der Waals surface area contributed by atoms with E-state index in [1.54, 1.807) is 0 Å². The highest BCUT2D eigenvalue weighted by Crippen LogP contribution is 2.29. The molecule has 0 aromatic heterocycles. The molecule has 0 saturated heterocycles. The predicted molar refractivity (Wildman–Crippen MR) is 69.7 cm³/mol. The lowest BCUT2D eigenvalue weighted by atomic mass is 10.2. The highest BCUT2D eigenvalue weighted by atomic mass is 19.2. The van der Waals surface area contributed by atoms with E-state index in [4.69, 9.17) is 9.84 Å². The molecule has 0 spiro atoms. The van der Waals surface area contributed by atoms with E-state index in [1.165, 1.54) is 30.3 Å². The molecule has 2 aromatic rings. The summed E-state index contributed by atoms with van der Waals surface area (Å²) in [6.45, 7) is -0.679. The number of nitro benzene ring substituents is 1. The second-order valence-electron chi connectivity index (χ2n) is 4.22. The maximum atomic E-state index is 13.5. The Balaban J connectivity index is 2.26. The average molecular weight is 295 g/mol. The highest BCUT2D eigenvalue weighted by molar-refractivity contribution is 5.48. The summed E-state index contributed by atoms with van der Waals surface area (Å²) in [6, 6.07) is 7.45. The Bertz CT molecular complexity index is 676. The van der Waals surface area contributed by atoms with Gasteiger partial charge < -0.3 is 9.84 Å². The van der Waals surface area contributed by atoms with Gasteiger partial charge in [-0.2, -0.15) is 0 Å². The monoisotopic (exact) mass is 295 g/mol. The molecule has 0 atom stereocenters. The number of ether oxygens (including phenoxy) is 1. The fourth-order valence-corrected chi connectivity index (χ4v) is 1.74. The molecule has 0 aliphatic carbocycles. The molecule has 0 bridgehead atoms. The largest absolute Gasteiger partial charge is 0.482 e. The van der Waals surface area contributed by atoms with E-state index in [1.807, 2.05) is 0 Å². The third-order valence-corrected chi connectivity index (χ3v) is 2.82. The number of hydrogen-bond acceptors (Lipinski definition) is 4. The van der Waals surface area contributed by atoms with Crippen molar-refractivity contribution in [1.29, 1.82) is 0 Å². The molecule has 0 fully saturated rings. The van der Waals surface area contributed by atoms with Gasteiger partial charge in [0, 0.05) is 11.6 Å². The Hall–Kier alpha value is -2.54. The van der Waals surface area contributed by atoms with Crippen LogP contribution in [0.15, 0.2) is 36.4 Å². The van der Waals surface area contributed by atoms with Crippen molar-refractivity contribution in [3.05, 3.63) is 69.3 Å². The SMILES string of the molecule is O=[N+]([O-])c1ccc(CO)cc1OCc1cccc(F)c1F. The number of rotatable bonds is 5. The smallest absolute Gasteiger partial charge is 0.310 e. The zero-order valence-electron chi connectivity index (χ0n) is 10.8. The van der Waals surface area contributed by atoms with Gasteiger partial charge in [-0.05, 0) is 23.8 Å². The zero-order chi connectivity index (χ0) is 15.4. The molecule has 2 aromatic carbocycles. The number of hydrogen-bond donors (Lipinski definition) is 1. The van der Waals surface area contributed by atoms with Gasteiger partial charge in [0.25, 0.3) is 0 Å². The molecule has 0 aliphatic heterocycles. The Kier molecular flexibility index (Phi) is 4.44. The van der Waals surface area contributed by atoms with Crippen molar-refractivity contribution >= 4 is 5.69 Å². The Morgan fingerprint density at radius 3 is 2.67 bits per heavy atom. The summed E-state index contributed by atoms with van der Waals surface area (Å²) in [4.78, 5) is 10.2. The van der Waals surface area contributed by atoms with Gasteiger partial charge in [0.1, 0.15) is 6.61 Å². The third-order valence-electron chi connectivity index (χ3n) is 2.82. The summed E-state index contributed by atoms with van der Waals surface area (Å²) in [5.41, 5.74) is 0.0398. The Morgan fingerprint density at radius 1 is 1.24 bits per heavy atom. The van der Waals surface area contributed by atoms with Crippen LogP contribution in [0.1, 0.15) is 11.1 Å². The first kappa shape index (κ1) is 14.9. The van der Waals surface area contributed by atoms with E-state index in [2.05, 4.69) is 0 Å². The van der Waals surface area contributed by atoms with Crippen molar-refractivity contribution in [3.8, 4) is 5.75 Å². The van der Waals surface area contributed by atoms with E-state index in [0.29, 0.717) is 5.56 Å². The molecule has 0 heterocycles. The van der Waals surface area contributed by atoms with Crippen molar-refractivity contribution < 1.29 is 23.5 Å². The molecule has 21 heavy (non-hydrogen) atoms. The fraction of sp³-hybridized carbons (Fsp3) is 0.143. The summed E-state index contributed by atoms with van der Waals surface area (Å²) >= 11 is 0. The van der Waals surface area contributed by atoms with Crippen molar-refractivity contribution in [3.63, 3.8) is 0 Å². The Morgan fingerprint density at radius 2 is 2.00 bits per heavy atom. The second kappa shape index (κ2) is 6.27. The topological polar surface area (TPSA) is 72.6 Å². The minimum atomic E-state index is -1.06. The van der Waals surface area contributed by atoms with Gasteiger partial charge in [0.15, 0.2) is 17.4 Å². The van der Waals surface area contributed by atoms with Crippen LogP contribution < -0.4 is 4.74 Å². The summed E-state index contributed by atoms with van der Waals surface area (Å²) in [6.07, 6.45) is 0. The van der Waals surface area contributed by atoms with Crippen molar-refractivity contribution in [2.45, 2.75) is 13.2 Å². The standard InChI is InChI=1S/C14H11F2NO4/c15-11-3-1-2-10(14(11)16)8-21-13-6-9(7-18)4-5-12(13)17(19)20/h1-6,18H,7-8H2. The van der Waals surface area contributed by atoms with Crippen LogP contribution in [-0.4, -0.2) is 10.0 Å². The molecule has 110 valence electrons. The number of aliphatic hydroxyl groups excluding tert-OH is 1. The molecular formula is C14H11F2NO4. The molecule has 0 unspecified atom stereocenters. The molecule has 0 amide bonds. The second-order valence-corrected chi connectivity index (χ2v) is 4.22. The van der Waals surface area contributed by atoms with E-state index in [9.17, 15) is 18.9 Å². The molecule has 0 radical (unpaired) electrons. The van der Waals surface area contributed by atoms with Crippen LogP contribution in [0.2, 0.25) is 0 Å². The number of halogens is 2. The number of aliphatic hydroxyl groups is 1. The average Bonchev–Trinajstić information content (AvgIpc) is 2.48. The lowest BCUT2D eigenvalue weighted by Gasteiger charge is -2.09. The van der Waals surface area contributed by atoms with Gasteiger partial charge in [-0.3, -0.25) is 10.1 Å². The van der Waals surface area contributed by atoms with Crippen molar-refractivity contribution in [1.82, 2.24) is 0 Å². The van der Waals surface area contributed by atoms with Crippen molar-refractivity contribution in [2.75, 3.05) is 0 Å². The van der Waals surface area contributed by atoms with E-state index < -0.39 is 16.6 Å². The third kappa shape index (κ3) is 3.32. The summed E-state index contributed by atoms with van der Waals surface area (Å²) in [5.74, 6) is -2.19. The van der Waals surface area contributed by atoms with Crippen molar-refractivity contribution in [2.24, 2.45) is 0 Å². The quantitative estimate of drug-likeness (QED) is 0.680. The van der Waals surface area contributed by atoms with Crippen LogP contribution in [0.4, 0.5) is 14.5 Å². The van der Waals surface area contributed by atoms with Crippen LogP contribution in [0.5, 0.6) is 5.75 Å².